The third-order valence-corrected chi connectivity index (χ3v) is 12.3. The van der Waals surface area contributed by atoms with Gasteiger partial charge in [-0.1, -0.05) is 128 Å². The van der Waals surface area contributed by atoms with Crippen LogP contribution in [-0.2, 0) is 20.0 Å². The Morgan fingerprint density at radius 3 is 1.13 bits per heavy atom. The van der Waals surface area contributed by atoms with Gasteiger partial charge in [-0.05, 0) is 96.8 Å². The number of rotatable bonds is 10. The maximum atomic E-state index is 13.8. The van der Waals surface area contributed by atoms with Crippen molar-refractivity contribution in [1.82, 2.24) is 9.44 Å². The monoisotopic (exact) mass is 866 g/mol. The summed E-state index contributed by atoms with van der Waals surface area (Å²) < 4.78 is 85.8. The summed E-state index contributed by atoms with van der Waals surface area (Å²) in [5.41, 5.74) is 4.38. The third-order valence-electron chi connectivity index (χ3n) is 8.01. The molecule has 0 aliphatic carbocycles. The first-order valence-electron chi connectivity index (χ1n) is 15.9. The molecule has 0 heterocycles. The van der Waals surface area contributed by atoms with Crippen molar-refractivity contribution in [3.05, 3.63) is 200 Å². The van der Waals surface area contributed by atoms with Crippen LogP contribution in [0.25, 0.3) is 0 Å². The Kier molecular flexibility index (Phi) is 13.0. The fourth-order valence-corrected chi connectivity index (χ4v) is 8.62. The van der Waals surface area contributed by atoms with Gasteiger partial charge in [0.15, 0.2) is 0 Å². The van der Waals surface area contributed by atoms with E-state index in [1.54, 1.807) is 84.9 Å². The van der Waals surface area contributed by atoms with Gasteiger partial charge in [0.1, 0.15) is 11.6 Å². The van der Waals surface area contributed by atoms with Crippen molar-refractivity contribution >= 4 is 51.9 Å². The fraction of sp³-hybridized carbons (Fsp3) is 0.100. The second-order valence-corrected chi connectivity index (χ2v) is 17.0. The number of hydrogen-bond acceptors (Lipinski definition) is 4. The largest absolute Gasteiger partial charge is 0.241 e. The van der Waals surface area contributed by atoms with E-state index in [1.165, 1.54) is 24.3 Å². The minimum Gasteiger partial charge on any atom is -0.207 e. The standard InChI is InChI=1S/2C20H17BrFNO2S/c2*1-14-7-10-17(11-8-14)26(24,25)23-20(15-5-3-2-4-6-15)18-13-16(22)9-12-19(18)21/h2*2-13,20,23H,1H3/t2*20-/m00/s1. The maximum Gasteiger partial charge on any atom is 0.241 e. The molecule has 6 aromatic rings. The van der Waals surface area contributed by atoms with Crippen LogP contribution >= 0.6 is 31.9 Å². The lowest BCUT2D eigenvalue weighted by Gasteiger charge is -2.21. The third kappa shape index (κ3) is 10.1. The van der Waals surface area contributed by atoms with Crippen molar-refractivity contribution in [1.29, 1.82) is 0 Å². The molecule has 0 amide bonds. The van der Waals surface area contributed by atoms with E-state index in [-0.39, 0.29) is 9.79 Å². The van der Waals surface area contributed by atoms with Crippen LogP contribution in [0.4, 0.5) is 8.78 Å². The van der Waals surface area contributed by atoms with Crippen molar-refractivity contribution in [2.75, 3.05) is 0 Å². The first-order chi connectivity index (χ1) is 24.7. The molecule has 2 atom stereocenters. The summed E-state index contributed by atoms with van der Waals surface area (Å²) >= 11 is 6.80. The number of aryl methyl sites for hydroxylation is 2. The number of nitrogens with one attached hydrogen (secondary N) is 2. The van der Waals surface area contributed by atoms with Crippen LogP contribution < -0.4 is 9.44 Å². The first-order valence-corrected chi connectivity index (χ1v) is 20.5. The quantitative estimate of drug-likeness (QED) is 0.144. The second kappa shape index (κ2) is 17.2. The fourth-order valence-electron chi connectivity index (χ4n) is 5.27. The summed E-state index contributed by atoms with van der Waals surface area (Å²) in [6.45, 7) is 3.78. The van der Waals surface area contributed by atoms with Crippen molar-refractivity contribution < 1.29 is 25.6 Å². The van der Waals surface area contributed by atoms with Gasteiger partial charge < -0.3 is 0 Å². The van der Waals surface area contributed by atoms with Gasteiger partial charge in [0.25, 0.3) is 0 Å². The van der Waals surface area contributed by atoms with Crippen LogP contribution in [0.2, 0.25) is 0 Å². The molecule has 2 N–H and O–H groups in total. The van der Waals surface area contributed by atoms with Gasteiger partial charge >= 0.3 is 0 Å². The zero-order chi connectivity index (χ0) is 37.5. The van der Waals surface area contributed by atoms with Crippen molar-refractivity contribution in [3.63, 3.8) is 0 Å². The zero-order valence-corrected chi connectivity index (χ0v) is 32.8. The van der Waals surface area contributed by atoms with E-state index in [1.807, 2.05) is 50.2 Å². The van der Waals surface area contributed by atoms with Gasteiger partial charge in [-0.25, -0.2) is 25.6 Å². The molecule has 0 saturated heterocycles. The summed E-state index contributed by atoms with van der Waals surface area (Å²) in [6, 6.07) is 38.3. The van der Waals surface area contributed by atoms with Crippen LogP contribution in [0.1, 0.15) is 45.5 Å². The number of sulfonamides is 2. The summed E-state index contributed by atoms with van der Waals surface area (Å²) in [4.78, 5) is 0.327. The van der Waals surface area contributed by atoms with E-state index in [4.69, 9.17) is 0 Å². The van der Waals surface area contributed by atoms with Gasteiger partial charge in [0.05, 0.1) is 21.9 Å². The molecule has 0 bridgehead atoms. The van der Waals surface area contributed by atoms with Gasteiger partial charge in [-0.3, -0.25) is 0 Å². The highest BCUT2D eigenvalue weighted by atomic mass is 79.9. The second-order valence-electron chi connectivity index (χ2n) is 11.9. The maximum absolute atomic E-state index is 13.8. The van der Waals surface area contributed by atoms with Crippen molar-refractivity contribution in [2.45, 2.75) is 35.7 Å². The SMILES string of the molecule is Cc1ccc(S(=O)(=O)N[C@@H](c2ccccc2)c2cc(F)ccc2Br)cc1.Cc1ccc(S(=O)(=O)N[C@@H](c2ccccc2)c2cc(F)ccc2Br)cc1. The van der Waals surface area contributed by atoms with E-state index >= 15 is 0 Å². The molecule has 52 heavy (non-hydrogen) atoms. The topological polar surface area (TPSA) is 92.3 Å². The molecule has 0 spiro atoms. The van der Waals surface area contributed by atoms with Gasteiger partial charge in [0.2, 0.25) is 20.0 Å². The molecule has 0 aliphatic rings. The minimum atomic E-state index is -3.80. The van der Waals surface area contributed by atoms with E-state index in [0.29, 0.717) is 20.1 Å². The number of halogens is 4. The van der Waals surface area contributed by atoms with E-state index in [9.17, 15) is 25.6 Å². The molecule has 0 radical (unpaired) electrons. The Labute approximate surface area is 320 Å². The van der Waals surface area contributed by atoms with Crippen molar-refractivity contribution in [3.8, 4) is 0 Å². The lowest BCUT2D eigenvalue weighted by Crippen LogP contribution is -2.29. The molecular formula is C40H34Br2F2N2O4S2. The molecule has 0 aliphatic heterocycles. The Bertz CT molecular complexity index is 2180. The predicted octanol–water partition coefficient (Wildman–Crippen LogP) is 9.93. The number of benzene rings is 6. The summed E-state index contributed by atoms with van der Waals surface area (Å²) in [6.07, 6.45) is 0. The van der Waals surface area contributed by atoms with Gasteiger partial charge in [0, 0.05) is 8.95 Å². The normalized spacial score (nSPS) is 12.7. The van der Waals surface area contributed by atoms with Crippen LogP contribution in [0.3, 0.4) is 0 Å². The summed E-state index contributed by atoms with van der Waals surface area (Å²) in [7, 11) is -7.59. The minimum absolute atomic E-state index is 0.163. The zero-order valence-electron chi connectivity index (χ0n) is 28.0. The molecule has 6 rings (SSSR count). The van der Waals surface area contributed by atoms with E-state index < -0.39 is 43.8 Å². The Balaban J connectivity index is 0.000000201. The predicted molar refractivity (Wildman–Crippen MR) is 208 cm³/mol. The highest BCUT2D eigenvalue weighted by molar-refractivity contribution is 9.10. The molecular weight excluding hydrogens is 834 g/mol. The highest BCUT2D eigenvalue weighted by Crippen LogP contribution is 2.32. The molecule has 268 valence electrons. The molecule has 0 unspecified atom stereocenters. The van der Waals surface area contributed by atoms with Crippen LogP contribution in [0.15, 0.2) is 164 Å². The highest BCUT2D eigenvalue weighted by Gasteiger charge is 2.26. The average molecular weight is 869 g/mol. The Morgan fingerprint density at radius 2 is 0.808 bits per heavy atom. The Hall–Kier alpha value is -4.04. The summed E-state index contributed by atoms with van der Waals surface area (Å²) in [5, 5.41) is 0. The van der Waals surface area contributed by atoms with Crippen LogP contribution in [0.5, 0.6) is 0 Å². The molecule has 0 saturated carbocycles. The molecule has 0 aromatic heterocycles. The van der Waals surface area contributed by atoms with Gasteiger partial charge in [-0.2, -0.15) is 9.44 Å². The van der Waals surface area contributed by atoms with Crippen molar-refractivity contribution in [2.24, 2.45) is 0 Å². The Morgan fingerprint density at radius 1 is 0.481 bits per heavy atom. The van der Waals surface area contributed by atoms with Crippen LogP contribution in [0, 0.1) is 25.5 Å². The smallest absolute Gasteiger partial charge is 0.207 e. The van der Waals surface area contributed by atoms with Gasteiger partial charge in [-0.15, -0.1) is 0 Å². The molecule has 6 aromatic carbocycles. The lowest BCUT2D eigenvalue weighted by molar-refractivity contribution is 0.568. The van der Waals surface area contributed by atoms with E-state index in [2.05, 4.69) is 41.3 Å². The average Bonchev–Trinajstić information content (AvgIpc) is 3.13. The molecule has 12 heteroatoms. The van der Waals surface area contributed by atoms with Crippen LogP contribution in [-0.4, -0.2) is 16.8 Å². The summed E-state index contributed by atoms with van der Waals surface area (Å²) in [5.74, 6) is -0.864. The lowest BCUT2D eigenvalue weighted by atomic mass is 10.00. The first kappa shape index (κ1) is 39.2. The van der Waals surface area contributed by atoms with E-state index in [0.717, 1.165) is 22.3 Å². The molecule has 6 nitrogen and oxygen atoms in total. The number of hydrogen-bond donors (Lipinski definition) is 2. The molecule has 0 fully saturated rings.